The van der Waals surface area contributed by atoms with Crippen molar-refractivity contribution in [1.29, 1.82) is 0 Å². The molecule has 100 valence electrons. The van der Waals surface area contributed by atoms with E-state index in [0.29, 0.717) is 17.7 Å². The first kappa shape index (κ1) is 14.8. The number of carbonyl (C=O) groups excluding carboxylic acids is 1. The summed E-state index contributed by atoms with van der Waals surface area (Å²) in [4.78, 5) is 11.1. The van der Waals surface area contributed by atoms with E-state index in [1.54, 1.807) is 0 Å². The molecule has 1 N–H and O–H groups in total. The molecule has 0 aromatic rings. The second-order valence-electron chi connectivity index (χ2n) is 4.58. The molecule has 0 heterocycles. The van der Waals surface area contributed by atoms with Gasteiger partial charge in [-0.3, -0.25) is 4.79 Å². The molecule has 0 bridgehead atoms. The fourth-order valence-corrected chi connectivity index (χ4v) is 3.64. The third-order valence-corrected chi connectivity index (χ3v) is 4.66. The lowest BCUT2D eigenvalue weighted by Gasteiger charge is -2.31. The zero-order valence-electron chi connectivity index (χ0n) is 11.0. The average Bonchev–Trinajstić information content (AvgIpc) is 2.37. The third kappa shape index (κ3) is 5.77. The Morgan fingerprint density at radius 1 is 1.41 bits per heavy atom. The lowest BCUT2D eigenvalue weighted by molar-refractivity contribution is -0.140. The Kier molecular flexibility index (Phi) is 7.69. The molecule has 4 heteroatoms. The van der Waals surface area contributed by atoms with Crippen LogP contribution in [0.4, 0.5) is 0 Å². The van der Waals surface area contributed by atoms with Crippen molar-refractivity contribution in [3.05, 3.63) is 0 Å². The number of hydrogen-bond acceptors (Lipinski definition) is 4. The van der Waals surface area contributed by atoms with E-state index in [4.69, 9.17) is 0 Å². The Hall–Kier alpha value is -0.220. The van der Waals surface area contributed by atoms with Gasteiger partial charge in [-0.2, -0.15) is 11.8 Å². The smallest absolute Gasteiger partial charge is 0.306 e. The van der Waals surface area contributed by atoms with Gasteiger partial charge in [-0.05, 0) is 25.8 Å². The molecule has 0 aromatic carbocycles. The molecule has 3 nitrogen and oxygen atoms in total. The minimum absolute atomic E-state index is 0.0913. The van der Waals surface area contributed by atoms with Gasteiger partial charge in [0.05, 0.1) is 13.5 Å². The molecule has 0 aliphatic heterocycles. The molecule has 0 saturated heterocycles. The summed E-state index contributed by atoms with van der Waals surface area (Å²) in [6.07, 6.45) is 6.98. The van der Waals surface area contributed by atoms with Crippen molar-refractivity contribution in [3.8, 4) is 0 Å². The molecule has 2 unspecified atom stereocenters. The Morgan fingerprint density at radius 3 is 2.88 bits per heavy atom. The van der Waals surface area contributed by atoms with Crippen LogP contribution in [-0.4, -0.2) is 36.7 Å². The van der Waals surface area contributed by atoms with Gasteiger partial charge in [-0.25, -0.2) is 0 Å². The van der Waals surface area contributed by atoms with Gasteiger partial charge in [0.15, 0.2) is 0 Å². The summed E-state index contributed by atoms with van der Waals surface area (Å²) in [5.41, 5.74) is 0. The number of esters is 1. The third-order valence-electron chi connectivity index (χ3n) is 3.22. The number of ether oxygens (including phenoxy) is 1. The van der Waals surface area contributed by atoms with Crippen LogP contribution in [0.2, 0.25) is 0 Å². The molecule has 1 fully saturated rings. The maximum atomic E-state index is 11.1. The molecule has 0 aromatic heterocycles. The van der Waals surface area contributed by atoms with E-state index < -0.39 is 0 Å². The summed E-state index contributed by atoms with van der Waals surface area (Å²) in [6, 6.07) is 0.645. The van der Waals surface area contributed by atoms with Gasteiger partial charge in [0.2, 0.25) is 0 Å². The van der Waals surface area contributed by atoms with Gasteiger partial charge >= 0.3 is 5.97 Å². The monoisotopic (exact) mass is 259 g/mol. The molecule has 17 heavy (non-hydrogen) atoms. The van der Waals surface area contributed by atoms with E-state index in [1.165, 1.54) is 39.2 Å². The van der Waals surface area contributed by atoms with Crippen LogP contribution in [0.15, 0.2) is 0 Å². The first-order valence-electron chi connectivity index (χ1n) is 6.69. The van der Waals surface area contributed by atoms with Crippen molar-refractivity contribution in [2.24, 2.45) is 0 Å². The summed E-state index contributed by atoms with van der Waals surface area (Å²) in [5.74, 6) is 0.799. The lowest BCUT2D eigenvalue weighted by atomic mass is 9.95. The van der Waals surface area contributed by atoms with Crippen LogP contribution in [0, 0.1) is 0 Å². The first-order chi connectivity index (χ1) is 8.27. The molecular weight excluding hydrogens is 234 g/mol. The van der Waals surface area contributed by atoms with Gasteiger partial charge in [-0.1, -0.05) is 19.8 Å². The minimum Gasteiger partial charge on any atom is -0.469 e. The summed E-state index contributed by atoms with van der Waals surface area (Å²) in [6.45, 7) is 3.31. The molecule has 1 saturated carbocycles. The van der Waals surface area contributed by atoms with Gasteiger partial charge in [-0.15, -0.1) is 0 Å². The Bertz CT molecular complexity index is 223. The standard InChI is InChI=1S/C13H25NO2S/c1-3-9-14-11-6-4-5-7-12(11)17-10-8-13(15)16-2/h11-12,14H,3-10H2,1-2H3. The molecule has 0 radical (unpaired) electrons. The highest BCUT2D eigenvalue weighted by molar-refractivity contribution is 7.99. The predicted octanol–water partition coefficient (Wildman–Crippen LogP) is 2.59. The molecule has 0 spiro atoms. The maximum absolute atomic E-state index is 11.1. The second-order valence-corrected chi connectivity index (χ2v) is 5.93. The van der Waals surface area contributed by atoms with Crippen LogP contribution < -0.4 is 5.32 Å². The van der Waals surface area contributed by atoms with Crippen molar-refractivity contribution in [1.82, 2.24) is 5.32 Å². The van der Waals surface area contributed by atoms with Crippen LogP contribution in [0.3, 0.4) is 0 Å². The largest absolute Gasteiger partial charge is 0.469 e. The van der Waals surface area contributed by atoms with Crippen molar-refractivity contribution in [2.75, 3.05) is 19.4 Å². The number of carbonyl (C=O) groups is 1. The van der Waals surface area contributed by atoms with Gasteiger partial charge in [0, 0.05) is 17.0 Å². The highest BCUT2D eigenvalue weighted by Gasteiger charge is 2.24. The second kappa shape index (κ2) is 8.81. The Labute approximate surface area is 109 Å². The van der Waals surface area contributed by atoms with E-state index in [2.05, 4.69) is 17.0 Å². The van der Waals surface area contributed by atoms with Crippen LogP contribution >= 0.6 is 11.8 Å². The lowest BCUT2D eigenvalue weighted by Crippen LogP contribution is -2.41. The summed E-state index contributed by atoms with van der Waals surface area (Å²) >= 11 is 1.94. The van der Waals surface area contributed by atoms with E-state index in [0.717, 1.165) is 12.3 Å². The maximum Gasteiger partial charge on any atom is 0.306 e. The summed E-state index contributed by atoms with van der Waals surface area (Å²) in [5, 5.41) is 4.32. The highest BCUT2D eigenvalue weighted by Crippen LogP contribution is 2.29. The van der Waals surface area contributed by atoms with Crippen LogP contribution in [0.5, 0.6) is 0 Å². The highest BCUT2D eigenvalue weighted by atomic mass is 32.2. The number of nitrogens with one attached hydrogen (secondary N) is 1. The van der Waals surface area contributed by atoms with Crippen LogP contribution in [0.25, 0.3) is 0 Å². The van der Waals surface area contributed by atoms with E-state index in [9.17, 15) is 4.79 Å². The SMILES string of the molecule is CCCNC1CCCCC1SCCC(=O)OC. The number of hydrogen-bond donors (Lipinski definition) is 1. The average molecular weight is 259 g/mol. The number of methoxy groups -OCH3 is 1. The topological polar surface area (TPSA) is 38.3 Å². The quantitative estimate of drug-likeness (QED) is 0.713. The Balaban J connectivity index is 2.24. The number of rotatable bonds is 7. The first-order valence-corrected chi connectivity index (χ1v) is 7.74. The van der Waals surface area contributed by atoms with Crippen LogP contribution in [0.1, 0.15) is 45.4 Å². The normalized spacial score (nSPS) is 24.6. The van der Waals surface area contributed by atoms with Crippen molar-refractivity contribution >= 4 is 17.7 Å². The van der Waals surface area contributed by atoms with Crippen LogP contribution in [-0.2, 0) is 9.53 Å². The fraction of sp³-hybridized carbons (Fsp3) is 0.923. The zero-order valence-corrected chi connectivity index (χ0v) is 11.9. The van der Waals surface area contributed by atoms with Gasteiger partial charge in [0.25, 0.3) is 0 Å². The minimum atomic E-state index is -0.0913. The molecule has 0 amide bonds. The molecule has 2 atom stereocenters. The summed E-state index contributed by atoms with van der Waals surface area (Å²) in [7, 11) is 1.46. The summed E-state index contributed by atoms with van der Waals surface area (Å²) < 4.78 is 4.66. The molecular formula is C13H25NO2S. The van der Waals surface area contributed by atoms with Gasteiger partial charge in [0.1, 0.15) is 0 Å². The van der Waals surface area contributed by atoms with Gasteiger partial charge < -0.3 is 10.1 Å². The van der Waals surface area contributed by atoms with Crippen molar-refractivity contribution in [2.45, 2.75) is 56.7 Å². The zero-order chi connectivity index (χ0) is 12.5. The Morgan fingerprint density at radius 2 is 2.18 bits per heavy atom. The van der Waals surface area contributed by atoms with E-state index in [1.807, 2.05) is 11.8 Å². The molecule has 1 rings (SSSR count). The predicted molar refractivity (Wildman–Crippen MR) is 73.4 cm³/mol. The van der Waals surface area contributed by atoms with E-state index in [-0.39, 0.29) is 5.97 Å². The molecule has 1 aliphatic rings. The van der Waals surface area contributed by atoms with Crippen molar-refractivity contribution < 1.29 is 9.53 Å². The van der Waals surface area contributed by atoms with E-state index >= 15 is 0 Å². The molecule has 1 aliphatic carbocycles. The van der Waals surface area contributed by atoms with Crippen molar-refractivity contribution in [3.63, 3.8) is 0 Å². The number of thioether (sulfide) groups is 1. The fourth-order valence-electron chi connectivity index (χ4n) is 2.26.